The monoisotopic (exact) mass is 166 g/mol. The molecule has 1 aliphatic heterocycles. The van der Waals surface area contributed by atoms with Crippen molar-refractivity contribution in [3.8, 4) is 5.75 Å². The lowest BCUT2D eigenvalue weighted by atomic mass is 10.0. The molecule has 0 radical (unpaired) electrons. The molecule has 0 bridgehead atoms. The molecule has 1 aromatic carbocycles. The zero-order chi connectivity index (χ0) is 8.55. The number of para-hydroxylation sites is 1. The van der Waals surface area contributed by atoms with Crippen LogP contribution in [-0.2, 0) is 0 Å². The van der Waals surface area contributed by atoms with E-state index in [1.54, 1.807) is 12.1 Å². The van der Waals surface area contributed by atoms with Crippen molar-refractivity contribution in [2.45, 2.75) is 12.2 Å². The van der Waals surface area contributed by atoms with Crippen LogP contribution in [0.25, 0.3) is 0 Å². The number of aliphatic hydroxyl groups excluding tert-OH is 2. The van der Waals surface area contributed by atoms with Crippen molar-refractivity contribution in [3.63, 3.8) is 0 Å². The summed E-state index contributed by atoms with van der Waals surface area (Å²) in [7, 11) is 0. The van der Waals surface area contributed by atoms with Gasteiger partial charge in [0.25, 0.3) is 0 Å². The molecule has 0 amide bonds. The van der Waals surface area contributed by atoms with Crippen molar-refractivity contribution in [2.75, 3.05) is 6.61 Å². The first-order valence-corrected chi connectivity index (χ1v) is 3.87. The maximum Gasteiger partial charge on any atom is 0.125 e. The largest absolute Gasteiger partial charge is 0.490 e. The fourth-order valence-corrected chi connectivity index (χ4v) is 1.33. The van der Waals surface area contributed by atoms with E-state index in [4.69, 9.17) is 4.74 Å². The molecule has 2 N–H and O–H groups in total. The zero-order valence-corrected chi connectivity index (χ0v) is 6.47. The van der Waals surface area contributed by atoms with Gasteiger partial charge in [-0.25, -0.2) is 0 Å². The van der Waals surface area contributed by atoms with E-state index in [0.717, 1.165) is 0 Å². The van der Waals surface area contributed by atoms with Crippen LogP contribution in [0.3, 0.4) is 0 Å². The van der Waals surface area contributed by atoms with Gasteiger partial charge in [-0.2, -0.15) is 0 Å². The van der Waals surface area contributed by atoms with E-state index >= 15 is 0 Å². The van der Waals surface area contributed by atoms with E-state index in [0.29, 0.717) is 11.3 Å². The summed E-state index contributed by atoms with van der Waals surface area (Å²) < 4.78 is 5.20. The molecule has 0 spiro atoms. The Labute approximate surface area is 70.2 Å². The van der Waals surface area contributed by atoms with Gasteiger partial charge in [-0.05, 0) is 6.07 Å². The fraction of sp³-hybridized carbons (Fsp3) is 0.333. The van der Waals surface area contributed by atoms with Crippen LogP contribution in [0.5, 0.6) is 5.75 Å². The van der Waals surface area contributed by atoms with E-state index in [-0.39, 0.29) is 6.61 Å². The van der Waals surface area contributed by atoms with E-state index in [1.807, 2.05) is 12.1 Å². The molecule has 2 atom stereocenters. The number of benzene rings is 1. The Hall–Kier alpha value is -1.06. The SMILES string of the molecule is OC1COc2ccccc2C1O. The normalized spacial score (nSPS) is 27.5. The number of aliphatic hydroxyl groups is 2. The van der Waals surface area contributed by atoms with Gasteiger partial charge in [0.1, 0.15) is 24.6 Å². The number of hydrogen-bond donors (Lipinski definition) is 2. The van der Waals surface area contributed by atoms with E-state index in [9.17, 15) is 10.2 Å². The van der Waals surface area contributed by atoms with Crippen molar-refractivity contribution in [2.24, 2.45) is 0 Å². The van der Waals surface area contributed by atoms with E-state index < -0.39 is 12.2 Å². The maximum absolute atomic E-state index is 9.50. The molecular weight excluding hydrogens is 156 g/mol. The molecule has 64 valence electrons. The van der Waals surface area contributed by atoms with Crippen LogP contribution in [0.1, 0.15) is 11.7 Å². The van der Waals surface area contributed by atoms with Crippen LogP contribution in [0.4, 0.5) is 0 Å². The van der Waals surface area contributed by atoms with Gasteiger partial charge in [0, 0.05) is 5.56 Å². The van der Waals surface area contributed by atoms with Gasteiger partial charge in [-0.3, -0.25) is 0 Å². The number of hydrogen-bond acceptors (Lipinski definition) is 3. The summed E-state index contributed by atoms with van der Waals surface area (Å²) in [5, 5.41) is 18.7. The third-order valence-corrected chi connectivity index (χ3v) is 2.01. The highest BCUT2D eigenvalue weighted by Gasteiger charge is 2.26. The number of ether oxygens (including phenoxy) is 1. The summed E-state index contributed by atoms with van der Waals surface area (Å²) in [6.07, 6.45) is -1.62. The minimum atomic E-state index is -0.810. The molecule has 2 unspecified atom stereocenters. The maximum atomic E-state index is 9.50. The first-order chi connectivity index (χ1) is 5.79. The Morgan fingerprint density at radius 2 is 2.00 bits per heavy atom. The predicted octanol–water partition coefficient (Wildman–Crippen LogP) is 0.473. The highest BCUT2D eigenvalue weighted by Crippen LogP contribution is 2.31. The van der Waals surface area contributed by atoms with Gasteiger partial charge < -0.3 is 14.9 Å². The van der Waals surface area contributed by atoms with Crippen molar-refractivity contribution in [3.05, 3.63) is 29.8 Å². The Bertz CT molecular complexity index is 285. The second-order valence-electron chi connectivity index (χ2n) is 2.86. The van der Waals surface area contributed by atoms with Crippen molar-refractivity contribution in [1.82, 2.24) is 0 Å². The molecule has 1 aromatic rings. The van der Waals surface area contributed by atoms with Crippen LogP contribution in [0.2, 0.25) is 0 Å². The Balaban J connectivity index is 2.42. The molecule has 0 saturated carbocycles. The minimum Gasteiger partial charge on any atom is -0.490 e. The first kappa shape index (κ1) is 7.58. The smallest absolute Gasteiger partial charge is 0.125 e. The topological polar surface area (TPSA) is 49.7 Å². The summed E-state index contributed by atoms with van der Waals surface area (Å²) in [6, 6.07) is 7.18. The third kappa shape index (κ3) is 1.07. The first-order valence-electron chi connectivity index (χ1n) is 3.87. The highest BCUT2D eigenvalue weighted by atomic mass is 16.5. The quantitative estimate of drug-likeness (QED) is 0.589. The number of rotatable bonds is 0. The Morgan fingerprint density at radius 3 is 2.83 bits per heavy atom. The average Bonchev–Trinajstić information content (AvgIpc) is 2.12. The third-order valence-electron chi connectivity index (χ3n) is 2.01. The lowest BCUT2D eigenvalue weighted by molar-refractivity contribution is -0.0255. The summed E-state index contributed by atoms with van der Waals surface area (Å²) in [6.45, 7) is 0.165. The van der Waals surface area contributed by atoms with E-state index in [1.165, 1.54) is 0 Å². The highest BCUT2D eigenvalue weighted by molar-refractivity contribution is 5.37. The molecule has 12 heavy (non-hydrogen) atoms. The second-order valence-corrected chi connectivity index (χ2v) is 2.86. The van der Waals surface area contributed by atoms with E-state index in [2.05, 4.69) is 0 Å². The predicted molar refractivity (Wildman–Crippen MR) is 42.9 cm³/mol. The summed E-state index contributed by atoms with van der Waals surface area (Å²) >= 11 is 0. The molecule has 1 heterocycles. The second kappa shape index (κ2) is 2.77. The fourth-order valence-electron chi connectivity index (χ4n) is 1.33. The van der Waals surface area contributed by atoms with Gasteiger partial charge in [-0.1, -0.05) is 18.2 Å². The van der Waals surface area contributed by atoms with Crippen LogP contribution in [-0.4, -0.2) is 22.9 Å². The summed E-state index contributed by atoms with van der Waals surface area (Å²) in [4.78, 5) is 0. The molecule has 0 saturated heterocycles. The van der Waals surface area contributed by atoms with Gasteiger partial charge in [-0.15, -0.1) is 0 Å². The molecule has 2 rings (SSSR count). The van der Waals surface area contributed by atoms with Crippen LogP contribution in [0, 0.1) is 0 Å². The lowest BCUT2D eigenvalue weighted by Gasteiger charge is -2.26. The Kier molecular flexibility index (Phi) is 1.75. The van der Waals surface area contributed by atoms with Gasteiger partial charge >= 0.3 is 0 Å². The summed E-state index contributed by atoms with van der Waals surface area (Å²) in [5.41, 5.74) is 0.663. The van der Waals surface area contributed by atoms with Crippen molar-refractivity contribution < 1.29 is 14.9 Å². The molecular formula is C9H10O3. The minimum absolute atomic E-state index is 0.165. The van der Waals surface area contributed by atoms with Crippen molar-refractivity contribution in [1.29, 1.82) is 0 Å². The molecule has 1 aliphatic rings. The lowest BCUT2D eigenvalue weighted by Crippen LogP contribution is -2.30. The van der Waals surface area contributed by atoms with Crippen LogP contribution >= 0.6 is 0 Å². The van der Waals surface area contributed by atoms with Gasteiger partial charge in [0.2, 0.25) is 0 Å². The molecule has 0 aromatic heterocycles. The molecule has 0 fully saturated rings. The molecule has 0 aliphatic carbocycles. The van der Waals surface area contributed by atoms with Gasteiger partial charge in [0.05, 0.1) is 0 Å². The zero-order valence-electron chi connectivity index (χ0n) is 6.47. The molecule has 3 nitrogen and oxygen atoms in total. The average molecular weight is 166 g/mol. The van der Waals surface area contributed by atoms with Crippen molar-refractivity contribution >= 4 is 0 Å². The number of fused-ring (bicyclic) bond motifs is 1. The Morgan fingerprint density at radius 1 is 1.25 bits per heavy atom. The van der Waals surface area contributed by atoms with Gasteiger partial charge in [0.15, 0.2) is 0 Å². The van der Waals surface area contributed by atoms with Crippen LogP contribution < -0.4 is 4.74 Å². The summed E-state index contributed by atoms with van der Waals surface area (Å²) in [5.74, 6) is 0.662. The standard InChI is InChI=1S/C9H10O3/c10-7-5-12-8-4-2-1-3-6(8)9(7)11/h1-4,7,9-11H,5H2. The van der Waals surface area contributed by atoms with Crippen LogP contribution in [0.15, 0.2) is 24.3 Å². The molecule has 3 heteroatoms.